The zero-order chi connectivity index (χ0) is 59.2. The Morgan fingerprint density at radius 2 is 0.744 bits per heavy atom. The zero-order valence-electron chi connectivity index (χ0n) is 48.5. The molecule has 0 atom stereocenters. The number of anilines is 6. The van der Waals surface area contributed by atoms with Crippen LogP contribution in [0.3, 0.4) is 0 Å². The van der Waals surface area contributed by atoms with Crippen molar-refractivity contribution in [2.75, 3.05) is 9.80 Å². The van der Waals surface area contributed by atoms with Crippen LogP contribution in [0.2, 0.25) is 0 Å². The van der Waals surface area contributed by atoms with Gasteiger partial charge in [0.25, 0.3) is 0 Å². The maximum Gasteiger partial charge on any atom is 0.227 e. The van der Waals surface area contributed by atoms with E-state index >= 15 is 0 Å². The highest BCUT2D eigenvalue weighted by Crippen LogP contribution is 2.45. The van der Waals surface area contributed by atoms with Crippen LogP contribution in [0.25, 0.3) is 133 Å². The van der Waals surface area contributed by atoms with E-state index in [9.17, 15) is 0 Å². The summed E-state index contributed by atoms with van der Waals surface area (Å²) in [4.78, 5) is 14.8. The molecule has 0 unspecified atom stereocenters. The van der Waals surface area contributed by atoms with Crippen LogP contribution in [-0.4, -0.2) is 19.1 Å². The second kappa shape index (κ2) is 20.7. The molecular formula is C82H52N6O2. The fourth-order valence-electron chi connectivity index (χ4n) is 13.5. The van der Waals surface area contributed by atoms with E-state index < -0.39 is 0 Å². The van der Waals surface area contributed by atoms with Crippen molar-refractivity contribution in [1.29, 1.82) is 0 Å². The van der Waals surface area contributed by atoms with Crippen LogP contribution in [0.1, 0.15) is 0 Å². The number of hydrogen-bond acceptors (Lipinski definition) is 6. The standard InChI is InChI=1S/C82H52N6O2/c1-5-18-54(19-6-1)81-84-79-67-42-38-63(49-56(67)35-47-78(79)89-81)85(59-22-7-2-8-23-59)65-41-46-77-72(52-65)70-29-14-16-31-75(70)88(77)62-36-32-53(33-37-62)55-20-17-21-58(48-55)82-83-73-44-34-57-50-64(39-43-68(57)80(73)90-82)86(60-24-9-3-10-25-60)66-40-45-76-71(51-66)69-28-13-15-30-74(69)87(76)61-26-11-4-12-27-61/h1-52H. The maximum absolute atomic E-state index is 6.78. The summed E-state index contributed by atoms with van der Waals surface area (Å²) in [5.41, 5.74) is 20.4. The molecule has 0 saturated carbocycles. The number of rotatable bonds is 11. The summed E-state index contributed by atoms with van der Waals surface area (Å²) >= 11 is 0. The molecule has 90 heavy (non-hydrogen) atoms. The number of nitrogens with zero attached hydrogens (tertiary/aromatic N) is 6. The number of hydrogen-bond donors (Lipinski definition) is 0. The molecule has 18 rings (SSSR count). The number of para-hydroxylation sites is 5. The molecule has 0 aliphatic rings. The van der Waals surface area contributed by atoms with Crippen LogP contribution < -0.4 is 9.80 Å². The fraction of sp³-hybridized carbons (Fsp3) is 0. The van der Waals surface area contributed by atoms with Gasteiger partial charge in [0.2, 0.25) is 11.8 Å². The summed E-state index contributed by atoms with van der Waals surface area (Å²) in [6.45, 7) is 0. The van der Waals surface area contributed by atoms with E-state index in [4.69, 9.17) is 18.8 Å². The second-order valence-corrected chi connectivity index (χ2v) is 23.0. The zero-order valence-corrected chi connectivity index (χ0v) is 48.5. The smallest absolute Gasteiger partial charge is 0.227 e. The second-order valence-electron chi connectivity index (χ2n) is 23.0. The SMILES string of the molecule is c1ccc(-c2nc3c(ccc4cc(N(c5ccccc5)c5ccc6c(c5)c5ccccc5n6-c5ccc(-c6cccc(-c7nc8ccc9cc(N(c%10ccccc%10)c%10ccc%11c(c%10)c%10ccccc%10n%11-c%10ccccc%10)ccc9c8o7)c6)cc5)ccc43)o2)cc1. The third kappa shape index (κ3) is 8.45. The Kier molecular flexibility index (Phi) is 11.7. The van der Waals surface area contributed by atoms with Gasteiger partial charge in [-0.25, -0.2) is 9.97 Å². The highest BCUT2D eigenvalue weighted by Gasteiger charge is 2.22. The molecule has 18 aromatic rings. The largest absolute Gasteiger partial charge is 0.436 e. The first-order valence-corrected chi connectivity index (χ1v) is 30.4. The van der Waals surface area contributed by atoms with Crippen molar-refractivity contribution in [1.82, 2.24) is 19.1 Å². The van der Waals surface area contributed by atoms with Crippen LogP contribution in [0.4, 0.5) is 34.1 Å². The minimum Gasteiger partial charge on any atom is -0.436 e. The molecule has 0 amide bonds. The van der Waals surface area contributed by atoms with Gasteiger partial charge in [0.1, 0.15) is 11.0 Å². The molecule has 0 radical (unpaired) electrons. The molecule has 8 heteroatoms. The van der Waals surface area contributed by atoms with E-state index in [1.54, 1.807) is 0 Å². The van der Waals surface area contributed by atoms with Gasteiger partial charge in [0.15, 0.2) is 11.2 Å². The summed E-state index contributed by atoms with van der Waals surface area (Å²) in [5.74, 6) is 1.20. The van der Waals surface area contributed by atoms with E-state index in [-0.39, 0.29) is 0 Å². The quantitative estimate of drug-likeness (QED) is 0.129. The van der Waals surface area contributed by atoms with Gasteiger partial charge < -0.3 is 27.8 Å². The maximum atomic E-state index is 6.78. The Balaban J connectivity index is 0.656. The molecule has 14 aromatic carbocycles. The van der Waals surface area contributed by atoms with Gasteiger partial charge in [-0.2, -0.15) is 0 Å². The summed E-state index contributed by atoms with van der Waals surface area (Å²) in [6, 6.07) is 112. The van der Waals surface area contributed by atoms with E-state index in [0.717, 1.165) is 133 Å². The third-order valence-corrected chi connectivity index (χ3v) is 17.7. The Bertz CT molecular complexity index is 5790. The van der Waals surface area contributed by atoms with Crippen molar-refractivity contribution in [3.63, 3.8) is 0 Å². The van der Waals surface area contributed by atoms with E-state index in [1.807, 2.05) is 36.4 Å². The monoisotopic (exact) mass is 1150 g/mol. The third-order valence-electron chi connectivity index (χ3n) is 17.7. The molecule has 8 nitrogen and oxygen atoms in total. The van der Waals surface area contributed by atoms with Crippen molar-refractivity contribution >= 4 is 121 Å². The lowest BCUT2D eigenvalue weighted by molar-refractivity contribution is 0.620. The van der Waals surface area contributed by atoms with E-state index in [1.165, 1.54) is 21.7 Å². The molecule has 4 aromatic heterocycles. The van der Waals surface area contributed by atoms with Crippen LogP contribution in [0.5, 0.6) is 0 Å². The molecule has 0 N–H and O–H groups in total. The first-order valence-electron chi connectivity index (χ1n) is 30.4. The lowest BCUT2D eigenvalue weighted by Crippen LogP contribution is -2.09. The van der Waals surface area contributed by atoms with Gasteiger partial charge in [-0.15, -0.1) is 0 Å². The molecule has 0 aliphatic carbocycles. The summed E-state index contributed by atoms with van der Waals surface area (Å²) in [7, 11) is 0. The highest BCUT2D eigenvalue weighted by atomic mass is 16.4. The van der Waals surface area contributed by atoms with Crippen LogP contribution >= 0.6 is 0 Å². The van der Waals surface area contributed by atoms with Gasteiger partial charge in [-0.3, -0.25) is 0 Å². The minimum atomic E-state index is 0.579. The minimum absolute atomic E-state index is 0.579. The lowest BCUT2D eigenvalue weighted by Gasteiger charge is -2.26. The van der Waals surface area contributed by atoms with Crippen molar-refractivity contribution < 1.29 is 8.83 Å². The molecule has 0 aliphatic heterocycles. The van der Waals surface area contributed by atoms with Gasteiger partial charge in [0, 0.05) is 88.9 Å². The van der Waals surface area contributed by atoms with Crippen molar-refractivity contribution in [2.24, 2.45) is 0 Å². The lowest BCUT2D eigenvalue weighted by atomic mass is 10.0. The molecule has 0 spiro atoms. The number of oxazole rings is 2. The molecule has 4 heterocycles. The predicted octanol–water partition coefficient (Wildman–Crippen LogP) is 22.4. The summed E-state index contributed by atoms with van der Waals surface area (Å²) in [5, 5.41) is 8.94. The van der Waals surface area contributed by atoms with Gasteiger partial charge in [-0.05, 0) is 192 Å². The predicted molar refractivity (Wildman–Crippen MR) is 371 cm³/mol. The van der Waals surface area contributed by atoms with Gasteiger partial charge >= 0.3 is 0 Å². The molecule has 422 valence electrons. The summed E-state index contributed by atoms with van der Waals surface area (Å²) < 4.78 is 17.8. The average Bonchev–Trinajstić information content (AvgIpc) is 1.73. The Labute approximate surface area is 517 Å². The Hall–Kier alpha value is -12.3. The molecule has 0 saturated heterocycles. The van der Waals surface area contributed by atoms with Crippen molar-refractivity contribution in [3.8, 4) is 45.4 Å². The normalized spacial score (nSPS) is 11.8. The highest BCUT2D eigenvalue weighted by molar-refractivity contribution is 6.13. The molecular weight excluding hydrogens is 1100 g/mol. The molecule has 0 bridgehead atoms. The topological polar surface area (TPSA) is 68.4 Å². The van der Waals surface area contributed by atoms with E-state index in [2.05, 4.69) is 298 Å². The number of fused-ring (bicyclic) bond motifs is 12. The van der Waals surface area contributed by atoms with Crippen molar-refractivity contribution in [2.45, 2.75) is 0 Å². The first-order chi connectivity index (χ1) is 44.6. The first kappa shape index (κ1) is 51.0. The Morgan fingerprint density at radius 3 is 1.38 bits per heavy atom. The van der Waals surface area contributed by atoms with Crippen molar-refractivity contribution in [3.05, 3.63) is 315 Å². The molecule has 0 fully saturated rings. The number of benzene rings is 14. The Morgan fingerprint density at radius 1 is 0.267 bits per heavy atom. The average molecular weight is 1150 g/mol. The van der Waals surface area contributed by atoms with Crippen LogP contribution in [0, 0.1) is 0 Å². The van der Waals surface area contributed by atoms with Crippen LogP contribution in [0.15, 0.2) is 324 Å². The summed E-state index contributed by atoms with van der Waals surface area (Å²) in [6.07, 6.45) is 0. The van der Waals surface area contributed by atoms with E-state index in [0.29, 0.717) is 11.8 Å². The van der Waals surface area contributed by atoms with Crippen LogP contribution in [-0.2, 0) is 0 Å². The fourth-order valence-corrected chi connectivity index (χ4v) is 13.5. The van der Waals surface area contributed by atoms with Gasteiger partial charge in [-0.1, -0.05) is 146 Å². The van der Waals surface area contributed by atoms with Gasteiger partial charge in [0.05, 0.1) is 22.1 Å². The number of aromatic nitrogens is 4.